The molecule has 0 aromatic heterocycles. The molecule has 0 radical (unpaired) electrons. The second-order valence-corrected chi connectivity index (χ2v) is 5.74. The van der Waals surface area contributed by atoms with E-state index < -0.39 is 4.92 Å². The number of nitro benzene ring substituents is 1. The molecule has 1 aromatic carbocycles. The molecule has 2 heterocycles. The van der Waals surface area contributed by atoms with Crippen LogP contribution >= 0.6 is 0 Å². The average molecular weight is 318 g/mol. The highest BCUT2D eigenvalue weighted by Gasteiger charge is 2.31. The van der Waals surface area contributed by atoms with Crippen molar-refractivity contribution in [3.05, 3.63) is 34.4 Å². The van der Waals surface area contributed by atoms with E-state index in [1.165, 1.54) is 17.0 Å². The Morgan fingerprint density at radius 3 is 2.04 bits per heavy atom. The van der Waals surface area contributed by atoms with Crippen molar-refractivity contribution in [1.82, 2.24) is 9.80 Å². The van der Waals surface area contributed by atoms with Gasteiger partial charge in [0.25, 0.3) is 5.69 Å². The molecule has 0 N–H and O–H groups in total. The monoisotopic (exact) mass is 318 g/mol. The van der Waals surface area contributed by atoms with Crippen LogP contribution in [0.4, 0.5) is 11.4 Å². The first-order valence-corrected chi connectivity index (χ1v) is 7.59. The third-order valence-corrected chi connectivity index (χ3v) is 4.29. The summed E-state index contributed by atoms with van der Waals surface area (Å²) >= 11 is 0. The SMILES string of the molecule is O=C1CCC(=O)N1CN1CCN(c2ccc([N+](=O)[O-])cc2)CC1. The lowest BCUT2D eigenvalue weighted by Gasteiger charge is -2.37. The Labute approximate surface area is 133 Å². The lowest BCUT2D eigenvalue weighted by molar-refractivity contribution is -0.384. The number of amides is 2. The van der Waals surface area contributed by atoms with Gasteiger partial charge in [0.15, 0.2) is 0 Å². The van der Waals surface area contributed by atoms with E-state index in [0.717, 1.165) is 31.9 Å². The molecule has 23 heavy (non-hydrogen) atoms. The van der Waals surface area contributed by atoms with E-state index in [2.05, 4.69) is 9.80 Å². The summed E-state index contributed by atoms with van der Waals surface area (Å²) < 4.78 is 0. The summed E-state index contributed by atoms with van der Waals surface area (Å²) in [6.45, 7) is 3.37. The Morgan fingerprint density at radius 2 is 1.52 bits per heavy atom. The van der Waals surface area contributed by atoms with E-state index in [1.54, 1.807) is 12.1 Å². The number of hydrogen-bond donors (Lipinski definition) is 0. The van der Waals surface area contributed by atoms with Crippen molar-refractivity contribution in [3.8, 4) is 0 Å². The van der Waals surface area contributed by atoms with Crippen LogP contribution in [0, 0.1) is 10.1 Å². The fraction of sp³-hybridized carbons (Fsp3) is 0.467. The van der Waals surface area contributed by atoms with Crippen LogP contribution < -0.4 is 4.90 Å². The summed E-state index contributed by atoms with van der Waals surface area (Å²) in [4.78, 5) is 39.1. The first kappa shape index (κ1) is 15.4. The number of nitro groups is 1. The maximum Gasteiger partial charge on any atom is 0.269 e. The summed E-state index contributed by atoms with van der Waals surface area (Å²) in [6, 6.07) is 6.51. The summed E-state index contributed by atoms with van der Waals surface area (Å²) in [5.41, 5.74) is 1.03. The minimum absolute atomic E-state index is 0.0819. The molecule has 2 amide bonds. The number of anilines is 1. The van der Waals surface area contributed by atoms with E-state index in [0.29, 0.717) is 19.5 Å². The summed E-state index contributed by atoms with van der Waals surface area (Å²) in [7, 11) is 0. The van der Waals surface area contributed by atoms with Gasteiger partial charge in [0, 0.05) is 56.8 Å². The van der Waals surface area contributed by atoms with Gasteiger partial charge < -0.3 is 4.90 Å². The smallest absolute Gasteiger partial charge is 0.269 e. The van der Waals surface area contributed by atoms with Crippen molar-refractivity contribution in [1.29, 1.82) is 0 Å². The second-order valence-electron chi connectivity index (χ2n) is 5.74. The van der Waals surface area contributed by atoms with Crippen LogP contribution in [-0.4, -0.2) is 59.4 Å². The minimum Gasteiger partial charge on any atom is -0.369 e. The Kier molecular flexibility index (Phi) is 4.24. The van der Waals surface area contributed by atoms with Crippen LogP contribution in [0.1, 0.15) is 12.8 Å². The molecule has 8 nitrogen and oxygen atoms in total. The van der Waals surface area contributed by atoms with Crippen molar-refractivity contribution in [2.45, 2.75) is 12.8 Å². The highest BCUT2D eigenvalue weighted by Crippen LogP contribution is 2.21. The maximum absolute atomic E-state index is 11.6. The number of non-ortho nitro benzene ring substituents is 1. The molecule has 0 bridgehead atoms. The Hall–Kier alpha value is -2.48. The number of likely N-dealkylation sites (tertiary alicyclic amines) is 1. The molecule has 2 fully saturated rings. The molecule has 122 valence electrons. The zero-order valence-electron chi connectivity index (χ0n) is 12.7. The third kappa shape index (κ3) is 3.31. The Morgan fingerprint density at radius 1 is 0.957 bits per heavy atom. The number of piperazine rings is 1. The average Bonchev–Trinajstić information content (AvgIpc) is 2.87. The van der Waals surface area contributed by atoms with Gasteiger partial charge in [-0.3, -0.25) is 29.5 Å². The molecule has 2 saturated heterocycles. The van der Waals surface area contributed by atoms with Gasteiger partial charge in [-0.15, -0.1) is 0 Å². The largest absolute Gasteiger partial charge is 0.369 e. The summed E-state index contributed by atoms with van der Waals surface area (Å²) in [5, 5.41) is 10.7. The van der Waals surface area contributed by atoms with Crippen molar-refractivity contribution in [3.63, 3.8) is 0 Å². The van der Waals surface area contributed by atoms with E-state index in [9.17, 15) is 19.7 Å². The molecule has 3 rings (SSSR count). The fourth-order valence-electron chi connectivity index (χ4n) is 2.91. The van der Waals surface area contributed by atoms with Gasteiger partial charge in [0.1, 0.15) is 0 Å². The normalized spacial score (nSPS) is 19.5. The fourth-order valence-corrected chi connectivity index (χ4v) is 2.91. The molecular formula is C15H18N4O4. The van der Waals surface area contributed by atoms with Crippen LogP contribution in [0.5, 0.6) is 0 Å². The van der Waals surface area contributed by atoms with Crippen LogP contribution in [0.3, 0.4) is 0 Å². The lowest BCUT2D eigenvalue weighted by atomic mass is 10.2. The van der Waals surface area contributed by atoms with Crippen molar-refractivity contribution in [2.75, 3.05) is 37.7 Å². The quantitative estimate of drug-likeness (QED) is 0.464. The lowest BCUT2D eigenvalue weighted by Crippen LogP contribution is -2.51. The first-order chi connectivity index (χ1) is 11.0. The molecule has 0 unspecified atom stereocenters. The van der Waals surface area contributed by atoms with Gasteiger partial charge in [-0.05, 0) is 12.1 Å². The molecule has 0 aliphatic carbocycles. The summed E-state index contributed by atoms with van der Waals surface area (Å²) in [5.74, 6) is -0.180. The van der Waals surface area contributed by atoms with Crippen molar-refractivity contribution < 1.29 is 14.5 Å². The number of carbonyl (C=O) groups excluding carboxylic acids is 2. The van der Waals surface area contributed by atoms with Crippen molar-refractivity contribution in [2.24, 2.45) is 0 Å². The van der Waals surface area contributed by atoms with Crippen molar-refractivity contribution >= 4 is 23.2 Å². The molecule has 1 aromatic rings. The highest BCUT2D eigenvalue weighted by atomic mass is 16.6. The number of carbonyl (C=O) groups is 2. The van der Waals surface area contributed by atoms with Gasteiger partial charge in [-0.25, -0.2) is 0 Å². The molecule has 0 saturated carbocycles. The minimum atomic E-state index is -0.411. The topological polar surface area (TPSA) is 87.0 Å². The zero-order valence-corrected chi connectivity index (χ0v) is 12.7. The highest BCUT2D eigenvalue weighted by molar-refractivity contribution is 6.01. The van der Waals surface area contributed by atoms with Gasteiger partial charge >= 0.3 is 0 Å². The second kappa shape index (κ2) is 6.33. The number of rotatable bonds is 4. The Balaban J connectivity index is 1.55. The van der Waals surface area contributed by atoms with Crippen LogP contribution in [0.15, 0.2) is 24.3 Å². The van der Waals surface area contributed by atoms with Crippen LogP contribution in [-0.2, 0) is 9.59 Å². The number of nitrogens with zero attached hydrogens (tertiary/aromatic N) is 4. The molecular weight excluding hydrogens is 300 g/mol. The van der Waals surface area contributed by atoms with E-state index in [1.807, 2.05) is 0 Å². The molecule has 2 aliphatic rings. The predicted molar refractivity (Wildman–Crippen MR) is 82.8 cm³/mol. The first-order valence-electron chi connectivity index (χ1n) is 7.59. The van der Waals surface area contributed by atoms with Gasteiger partial charge in [-0.2, -0.15) is 0 Å². The predicted octanol–water partition coefficient (Wildman–Crippen LogP) is 0.823. The zero-order chi connectivity index (χ0) is 16.4. The molecule has 0 spiro atoms. The Bertz CT molecular complexity index is 607. The summed E-state index contributed by atoms with van der Waals surface area (Å²) in [6.07, 6.45) is 0.642. The van der Waals surface area contributed by atoms with Gasteiger partial charge in [0.2, 0.25) is 11.8 Å². The van der Waals surface area contributed by atoms with Crippen LogP contribution in [0.2, 0.25) is 0 Å². The molecule has 8 heteroatoms. The van der Waals surface area contributed by atoms with Gasteiger partial charge in [0.05, 0.1) is 11.6 Å². The number of hydrogen-bond acceptors (Lipinski definition) is 6. The van der Waals surface area contributed by atoms with Crippen LogP contribution in [0.25, 0.3) is 0 Å². The van der Waals surface area contributed by atoms with E-state index >= 15 is 0 Å². The number of benzene rings is 1. The maximum atomic E-state index is 11.6. The van der Waals surface area contributed by atoms with E-state index in [-0.39, 0.29) is 17.5 Å². The number of imide groups is 1. The molecule has 2 aliphatic heterocycles. The molecule has 0 atom stereocenters. The van der Waals surface area contributed by atoms with Gasteiger partial charge in [-0.1, -0.05) is 0 Å². The third-order valence-electron chi connectivity index (χ3n) is 4.29. The standard InChI is InChI=1S/C15H18N4O4/c20-14-5-6-15(21)18(14)11-16-7-9-17(10-8-16)12-1-3-13(4-2-12)19(22)23/h1-4H,5-11H2. The van der Waals surface area contributed by atoms with E-state index in [4.69, 9.17) is 0 Å².